The molecule has 1 aromatic rings. The third-order valence-corrected chi connectivity index (χ3v) is 5.68. The molecule has 2 heterocycles. The fourth-order valence-electron chi connectivity index (χ4n) is 2.98. The predicted octanol–water partition coefficient (Wildman–Crippen LogP) is 3.14. The Labute approximate surface area is 140 Å². The molecule has 0 atom stereocenters. The second-order valence-electron chi connectivity index (χ2n) is 5.96. The maximum Gasteiger partial charge on any atom is 0.256 e. The molecule has 0 bridgehead atoms. The van der Waals surface area contributed by atoms with Crippen molar-refractivity contribution >= 4 is 40.6 Å². The molecule has 0 unspecified atom stereocenters. The number of hydrogen-bond donors (Lipinski definition) is 2. The van der Waals surface area contributed by atoms with Gasteiger partial charge in [-0.1, -0.05) is 11.6 Å². The summed E-state index contributed by atoms with van der Waals surface area (Å²) in [5.74, 6) is 1.31. The van der Waals surface area contributed by atoms with Gasteiger partial charge < -0.3 is 15.3 Å². The van der Waals surface area contributed by atoms with Gasteiger partial charge in [-0.2, -0.15) is 11.8 Å². The molecule has 3 rings (SSSR count). The van der Waals surface area contributed by atoms with Gasteiger partial charge in [0, 0.05) is 18.8 Å². The van der Waals surface area contributed by atoms with E-state index in [1.165, 1.54) is 12.8 Å². The van der Waals surface area contributed by atoms with E-state index in [1.807, 2.05) is 12.1 Å². The monoisotopic (exact) mass is 340 g/mol. The zero-order valence-electron chi connectivity index (χ0n) is 12.5. The lowest BCUT2D eigenvalue weighted by Crippen LogP contribution is -2.45. The van der Waals surface area contributed by atoms with Crippen molar-refractivity contribution in [3.8, 4) is 0 Å². The molecule has 2 fully saturated rings. The Kier molecular flexibility index (Phi) is 4.85. The minimum atomic E-state index is -1.24. The van der Waals surface area contributed by atoms with Gasteiger partial charge in [0.2, 0.25) is 0 Å². The number of amides is 1. The molecule has 120 valence electrons. The summed E-state index contributed by atoms with van der Waals surface area (Å²) in [6.07, 6.45) is 3.39. The SMILES string of the molecule is O=C(Nc1ccc(N2CCCC2)c(Cl)c1)C1(O)CCSCC1. The average molecular weight is 341 g/mol. The van der Waals surface area contributed by atoms with Crippen LogP contribution in [0.2, 0.25) is 5.02 Å². The summed E-state index contributed by atoms with van der Waals surface area (Å²) in [6, 6.07) is 5.58. The maximum absolute atomic E-state index is 12.3. The second kappa shape index (κ2) is 6.69. The Morgan fingerprint density at radius 3 is 2.59 bits per heavy atom. The van der Waals surface area contributed by atoms with Crippen LogP contribution < -0.4 is 10.2 Å². The largest absolute Gasteiger partial charge is 0.380 e. The standard InChI is InChI=1S/C16H21ClN2O2S/c17-13-11-12(3-4-14(13)19-7-1-2-8-19)18-15(20)16(21)5-9-22-10-6-16/h3-4,11,21H,1-2,5-10H2,(H,18,20). The molecule has 0 saturated carbocycles. The van der Waals surface area contributed by atoms with E-state index in [0.717, 1.165) is 30.3 Å². The minimum Gasteiger partial charge on any atom is -0.380 e. The topological polar surface area (TPSA) is 52.6 Å². The summed E-state index contributed by atoms with van der Waals surface area (Å²) in [4.78, 5) is 14.6. The molecule has 2 aliphatic rings. The lowest BCUT2D eigenvalue weighted by Gasteiger charge is -2.30. The minimum absolute atomic E-state index is 0.321. The van der Waals surface area contributed by atoms with Crippen molar-refractivity contribution in [3.63, 3.8) is 0 Å². The molecule has 1 amide bonds. The average Bonchev–Trinajstić information content (AvgIpc) is 3.02. The summed E-state index contributed by atoms with van der Waals surface area (Å²) in [5.41, 5.74) is 0.417. The van der Waals surface area contributed by atoms with Crippen LogP contribution in [0.5, 0.6) is 0 Å². The third-order valence-electron chi connectivity index (χ3n) is 4.39. The molecular weight excluding hydrogens is 320 g/mol. The summed E-state index contributed by atoms with van der Waals surface area (Å²) in [7, 11) is 0. The summed E-state index contributed by atoms with van der Waals surface area (Å²) < 4.78 is 0. The molecule has 0 spiro atoms. The highest BCUT2D eigenvalue weighted by molar-refractivity contribution is 7.99. The number of nitrogens with one attached hydrogen (secondary N) is 1. The zero-order chi connectivity index (χ0) is 15.6. The first-order valence-corrected chi connectivity index (χ1v) is 9.28. The molecule has 6 heteroatoms. The van der Waals surface area contributed by atoms with Gasteiger partial charge in [-0.25, -0.2) is 0 Å². The van der Waals surface area contributed by atoms with Gasteiger partial charge >= 0.3 is 0 Å². The number of nitrogens with zero attached hydrogens (tertiary/aromatic N) is 1. The number of carbonyl (C=O) groups excluding carboxylic acids is 1. The second-order valence-corrected chi connectivity index (χ2v) is 7.59. The number of anilines is 2. The Hall–Kier alpha value is -0.910. The van der Waals surface area contributed by atoms with E-state index < -0.39 is 5.60 Å². The number of carbonyl (C=O) groups is 1. The van der Waals surface area contributed by atoms with Gasteiger partial charge in [-0.15, -0.1) is 0 Å². The van der Waals surface area contributed by atoms with Crippen molar-refractivity contribution in [3.05, 3.63) is 23.2 Å². The van der Waals surface area contributed by atoms with Crippen LogP contribution in [0.3, 0.4) is 0 Å². The van der Waals surface area contributed by atoms with Gasteiger partial charge in [0.1, 0.15) is 5.60 Å². The first-order chi connectivity index (χ1) is 10.6. The fraction of sp³-hybridized carbons (Fsp3) is 0.562. The highest BCUT2D eigenvalue weighted by atomic mass is 35.5. The zero-order valence-corrected chi connectivity index (χ0v) is 14.1. The van der Waals surface area contributed by atoms with Crippen LogP contribution in [-0.4, -0.2) is 41.2 Å². The molecule has 4 nitrogen and oxygen atoms in total. The first-order valence-electron chi connectivity index (χ1n) is 7.75. The third kappa shape index (κ3) is 3.36. The molecule has 0 aromatic heterocycles. The van der Waals surface area contributed by atoms with Crippen LogP contribution >= 0.6 is 23.4 Å². The highest BCUT2D eigenvalue weighted by Gasteiger charge is 2.37. The molecule has 0 radical (unpaired) electrons. The molecule has 0 aliphatic carbocycles. The number of hydrogen-bond acceptors (Lipinski definition) is 4. The van der Waals surface area contributed by atoms with Crippen molar-refractivity contribution in [2.24, 2.45) is 0 Å². The number of halogens is 1. The lowest BCUT2D eigenvalue weighted by atomic mass is 9.95. The van der Waals surface area contributed by atoms with E-state index in [-0.39, 0.29) is 5.91 Å². The lowest BCUT2D eigenvalue weighted by molar-refractivity contribution is -0.134. The van der Waals surface area contributed by atoms with Crippen molar-refractivity contribution in [2.75, 3.05) is 34.8 Å². The van der Waals surface area contributed by atoms with E-state index in [1.54, 1.807) is 17.8 Å². The predicted molar refractivity (Wildman–Crippen MR) is 93.0 cm³/mol. The first kappa shape index (κ1) is 16.0. The number of benzene rings is 1. The van der Waals surface area contributed by atoms with Crippen LogP contribution in [0, 0.1) is 0 Å². The van der Waals surface area contributed by atoms with Crippen molar-refractivity contribution in [1.29, 1.82) is 0 Å². The molecule has 1 aromatic carbocycles. The molecule has 2 N–H and O–H groups in total. The Bertz CT molecular complexity index is 555. The summed E-state index contributed by atoms with van der Waals surface area (Å²) in [5, 5.41) is 13.9. The van der Waals surface area contributed by atoms with Crippen LogP contribution in [-0.2, 0) is 4.79 Å². The van der Waals surface area contributed by atoms with Crippen LogP contribution in [0.25, 0.3) is 0 Å². The number of rotatable bonds is 3. The van der Waals surface area contributed by atoms with Crippen LogP contribution in [0.1, 0.15) is 25.7 Å². The maximum atomic E-state index is 12.3. The smallest absolute Gasteiger partial charge is 0.256 e. The van der Waals surface area contributed by atoms with Crippen LogP contribution in [0.4, 0.5) is 11.4 Å². The van der Waals surface area contributed by atoms with Gasteiger partial charge in [-0.3, -0.25) is 4.79 Å². The van der Waals surface area contributed by atoms with Crippen molar-refractivity contribution < 1.29 is 9.90 Å². The van der Waals surface area contributed by atoms with Crippen molar-refractivity contribution in [2.45, 2.75) is 31.3 Å². The van der Waals surface area contributed by atoms with E-state index in [9.17, 15) is 9.90 Å². The number of thioether (sulfide) groups is 1. The molecule has 2 saturated heterocycles. The van der Waals surface area contributed by atoms with Gasteiger partial charge in [0.25, 0.3) is 5.91 Å². The Balaban J connectivity index is 1.70. The normalized spacial score (nSPS) is 20.9. The summed E-state index contributed by atoms with van der Waals surface area (Å²) in [6.45, 7) is 2.06. The molecular formula is C16H21ClN2O2S. The van der Waals surface area contributed by atoms with Gasteiger partial charge in [-0.05, 0) is 55.4 Å². The van der Waals surface area contributed by atoms with Crippen molar-refractivity contribution in [1.82, 2.24) is 0 Å². The Morgan fingerprint density at radius 2 is 1.95 bits per heavy atom. The molecule has 2 aliphatic heterocycles. The van der Waals surface area contributed by atoms with E-state index in [2.05, 4.69) is 10.2 Å². The summed E-state index contributed by atoms with van der Waals surface area (Å²) >= 11 is 8.13. The van der Waals surface area contributed by atoms with Gasteiger partial charge in [0.15, 0.2) is 0 Å². The highest BCUT2D eigenvalue weighted by Crippen LogP contribution is 2.32. The quantitative estimate of drug-likeness (QED) is 0.887. The number of aliphatic hydroxyl groups is 1. The molecule has 22 heavy (non-hydrogen) atoms. The van der Waals surface area contributed by atoms with E-state index >= 15 is 0 Å². The van der Waals surface area contributed by atoms with Gasteiger partial charge in [0.05, 0.1) is 10.7 Å². The Morgan fingerprint density at radius 1 is 1.27 bits per heavy atom. The fourth-order valence-corrected chi connectivity index (χ4v) is 4.45. The van der Waals surface area contributed by atoms with E-state index in [0.29, 0.717) is 23.6 Å². The van der Waals surface area contributed by atoms with E-state index in [4.69, 9.17) is 11.6 Å². The van der Waals surface area contributed by atoms with Crippen LogP contribution in [0.15, 0.2) is 18.2 Å².